The number of aliphatic imine (C=N–C) groups is 1. The summed E-state index contributed by atoms with van der Waals surface area (Å²) in [4.78, 5) is 16.2. The number of nitrogens with two attached hydrogens (primary N) is 1. The highest BCUT2D eigenvalue weighted by atomic mass is 16.5. The van der Waals surface area contributed by atoms with Crippen molar-refractivity contribution in [2.75, 3.05) is 13.7 Å². The predicted molar refractivity (Wildman–Crippen MR) is 106 cm³/mol. The minimum absolute atomic E-state index is 0.308. The second kappa shape index (κ2) is 11.2. The molecule has 148 valence electrons. The van der Waals surface area contributed by atoms with E-state index >= 15 is 0 Å². The molecule has 0 fully saturated rings. The van der Waals surface area contributed by atoms with E-state index in [4.69, 9.17) is 15.2 Å². The van der Waals surface area contributed by atoms with E-state index in [1.54, 1.807) is 6.21 Å². The van der Waals surface area contributed by atoms with Crippen molar-refractivity contribution < 1.29 is 14.3 Å². The van der Waals surface area contributed by atoms with E-state index in [-0.39, 0.29) is 5.97 Å². The second-order valence-corrected chi connectivity index (χ2v) is 6.41. The SMILES string of the molecule is CCCC[C@H](NC1=C(OCCCc2ccccc2)C=NC(N)N1)C(=O)OC. The van der Waals surface area contributed by atoms with Crippen molar-refractivity contribution >= 4 is 12.2 Å². The van der Waals surface area contributed by atoms with Crippen molar-refractivity contribution in [1.82, 2.24) is 10.6 Å². The highest BCUT2D eigenvalue weighted by Gasteiger charge is 2.23. The number of benzene rings is 1. The lowest BCUT2D eigenvalue weighted by atomic mass is 10.1. The summed E-state index contributed by atoms with van der Waals surface area (Å²) >= 11 is 0. The van der Waals surface area contributed by atoms with Crippen LogP contribution in [0.4, 0.5) is 0 Å². The van der Waals surface area contributed by atoms with Gasteiger partial charge in [0.2, 0.25) is 0 Å². The zero-order chi connectivity index (χ0) is 19.5. The van der Waals surface area contributed by atoms with Gasteiger partial charge in [-0.15, -0.1) is 0 Å². The molecule has 1 aromatic rings. The van der Waals surface area contributed by atoms with E-state index in [1.807, 2.05) is 18.2 Å². The average Bonchev–Trinajstić information content (AvgIpc) is 2.69. The summed E-state index contributed by atoms with van der Waals surface area (Å²) in [5.74, 6) is 0.816. The Balaban J connectivity index is 1.96. The lowest BCUT2D eigenvalue weighted by molar-refractivity contribution is -0.143. The van der Waals surface area contributed by atoms with Crippen LogP contribution in [0.5, 0.6) is 0 Å². The van der Waals surface area contributed by atoms with Crippen molar-refractivity contribution in [3.05, 3.63) is 47.5 Å². The molecule has 1 heterocycles. The molecular weight excluding hydrogens is 344 g/mol. The predicted octanol–water partition coefficient (Wildman–Crippen LogP) is 2.04. The first kappa shape index (κ1) is 20.8. The van der Waals surface area contributed by atoms with E-state index in [2.05, 4.69) is 34.7 Å². The number of aryl methyl sites for hydroxylation is 1. The van der Waals surface area contributed by atoms with E-state index in [1.165, 1.54) is 12.7 Å². The van der Waals surface area contributed by atoms with Crippen LogP contribution in [-0.4, -0.2) is 38.2 Å². The fourth-order valence-electron chi connectivity index (χ4n) is 2.77. The highest BCUT2D eigenvalue weighted by Crippen LogP contribution is 2.11. The van der Waals surface area contributed by atoms with E-state index in [0.29, 0.717) is 24.6 Å². The molecule has 1 unspecified atom stereocenters. The van der Waals surface area contributed by atoms with Crippen LogP contribution in [0, 0.1) is 0 Å². The normalized spacial score (nSPS) is 17.2. The first-order valence-corrected chi connectivity index (χ1v) is 9.44. The fourth-order valence-corrected chi connectivity index (χ4v) is 2.77. The number of rotatable bonds is 11. The molecule has 0 spiro atoms. The molecule has 0 radical (unpaired) electrons. The van der Waals surface area contributed by atoms with Gasteiger partial charge >= 0.3 is 5.97 Å². The van der Waals surface area contributed by atoms with Crippen LogP contribution < -0.4 is 16.4 Å². The number of esters is 1. The Hall–Kier alpha value is -2.54. The first-order valence-electron chi connectivity index (χ1n) is 9.44. The molecule has 0 saturated heterocycles. The highest BCUT2D eigenvalue weighted by molar-refractivity contribution is 5.79. The van der Waals surface area contributed by atoms with Crippen LogP contribution in [-0.2, 0) is 20.7 Å². The zero-order valence-corrected chi connectivity index (χ0v) is 16.1. The number of ether oxygens (including phenoxy) is 2. The van der Waals surface area contributed by atoms with Gasteiger partial charge < -0.3 is 20.1 Å². The molecule has 1 aromatic carbocycles. The van der Waals surface area contributed by atoms with Crippen molar-refractivity contribution in [2.45, 2.75) is 51.4 Å². The Morgan fingerprint density at radius 3 is 2.81 bits per heavy atom. The van der Waals surface area contributed by atoms with Crippen LogP contribution in [0.2, 0.25) is 0 Å². The third-order valence-corrected chi connectivity index (χ3v) is 4.25. The largest absolute Gasteiger partial charge is 0.488 e. The van der Waals surface area contributed by atoms with Crippen molar-refractivity contribution in [2.24, 2.45) is 10.7 Å². The zero-order valence-electron chi connectivity index (χ0n) is 16.1. The molecule has 1 aliphatic rings. The molecule has 1 aliphatic heterocycles. The van der Waals surface area contributed by atoms with Gasteiger partial charge in [0.05, 0.1) is 19.9 Å². The Labute approximate surface area is 161 Å². The van der Waals surface area contributed by atoms with Crippen molar-refractivity contribution in [3.8, 4) is 0 Å². The molecule has 4 N–H and O–H groups in total. The van der Waals surface area contributed by atoms with Gasteiger partial charge in [0.15, 0.2) is 12.0 Å². The first-order chi connectivity index (χ1) is 13.1. The summed E-state index contributed by atoms with van der Waals surface area (Å²) in [6.07, 6.45) is 5.40. The monoisotopic (exact) mass is 374 g/mol. The number of hydrogen-bond acceptors (Lipinski definition) is 7. The molecule has 0 amide bonds. The van der Waals surface area contributed by atoms with Crippen LogP contribution in [0.25, 0.3) is 0 Å². The standard InChI is InChI=1S/C20H30N4O3/c1-3-4-12-16(19(25)26-2)23-18-17(14-22-20(21)24-18)27-13-8-11-15-9-6-5-7-10-15/h5-7,9-10,14,16,20,23-24H,3-4,8,11-13,21H2,1-2H3/t16-,20?/m0/s1. The number of hydrogen-bond donors (Lipinski definition) is 3. The Bertz CT molecular complexity index is 646. The van der Waals surface area contributed by atoms with Gasteiger partial charge in [-0.05, 0) is 24.8 Å². The summed E-state index contributed by atoms with van der Waals surface area (Å²) in [5.41, 5.74) is 7.12. The molecule has 2 rings (SSSR count). The molecule has 27 heavy (non-hydrogen) atoms. The number of nitrogens with one attached hydrogen (secondary N) is 2. The summed E-state index contributed by atoms with van der Waals surface area (Å²) in [5, 5.41) is 6.20. The Kier molecular flexibility index (Phi) is 8.64. The minimum Gasteiger partial charge on any atom is -0.488 e. The molecule has 2 atom stereocenters. The van der Waals surface area contributed by atoms with Gasteiger partial charge in [0.1, 0.15) is 11.9 Å². The Morgan fingerprint density at radius 1 is 1.33 bits per heavy atom. The lowest BCUT2D eigenvalue weighted by Gasteiger charge is -2.26. The van der Waals surface area contributed by atoms with Gasteiger partial charge in [-0.3, -0.25) is 5.73 Å². The summed E-state index contributed by atoms with van der Waals surface area (Å²) < 4.78 is 10.8. The van der Waals surface area contributed by atoms with Crippen molar-refractivity contribution in [1.29, 1.82) is 0 Å². The van der Waals surface area contributed by atoms with Crippen LogP contribution >= 0.6 is 0 Å². The number of allylic oxidation sites excluding steroid dienone is 1. The number of carbonyl (C=O) groups is 1. The van der Waals surface area contributed by atoms with Crippen molar-refractivity contribution in [3.63, 3.8) is 0 Å². The smallest absolute Gasteiger partial charge is 0.328 e. The topological polar surface area (TPSA) is 98.0 Å². The van der Waals surface area contributed by atoms with Gasteiger partial charge in [0, 0.05) is 0 Å². The number of unbranched alkanes of at least 4 members (excludes halogenated alkanes) is 1. The fraction of sp³-hybridized carbons (Fsp3) is 0.500. The maximum Gasteiger partial charge on any atom is 0.328 e. The maximum absolute atomic E-state index is 12.1. The van der Waals surface area contributed by atoms with E-state index in [9.17, 15) is 4.79 Å². The maximum atomic E-state index is 12.1. The number of methoxy groups -OCH3 is 1. The van der Waals surface area contributed by atoms with Gasteiger partial charge in [0.25, 0.3) is 0 Å². The lowest BCUT2D eigenvalue weighted by Crippen LogP contribution is -2.48. The summed E-state index contributed by atoms with van der Waals surface area (Å²) in [6.45, 7) is 2.62. The van der Waals surface area contributed by atoms with Gasteiger partial charge in [-0.2, -0.15) is 0 Å². The third kappa shape index (κ3) is 6.94. The van der Waals surface area contributed by atoms with Crippen LogP contribution in [0.15, 0.2) is 46.9 Å². The van der Waals surface area contributed by atoms with Gasteiger partial charge in [-0.25, -0.2) is 9.79 Å². The molecule has 7 heteroatoms. The molecule has 0 bridgehead atoms. The van der Waals surface area contributed by atoms with E-state index < -0.39 is 12.3 Å². The number of nitrogens with zero attached hydrogens (tertiary/aromatic N) is 1. The minimum atomic E-state index is -0.575. The van der Waals surface area contributed by atoms with Crippen LogP contribution in [0.3, 0.4) is 0 Å². The molecular formula is C20H30N4O3. The molecule has 0 aliphatic carbocycles. The molecule has 0 saturated carbocycles. The summed E-state index contributed by atoms with van der Waals surface area (Å²) in [6, 6.07) is 9.81. The third-order valence-electron chi connectivity index (χ3n) is 4.25. The quantitative estimate of drug-likeness (QED) is 0.405. The van der Waals surface area contributed by atoms with Crippen LogP contribution in [0.1, 0.15) is 38.2 Å². The molecule has 0 aromatic heterocycles. The molecule has 7 nitrogen and oxygen atoms in total. The second-order valence-electron chi connectivity index (χ2n) is 6.41. The average molecular weight is 374 g/mol. The Morgan fingerprint density at radius 2 is 2.11 bits per heavy atom. The van der Waals surface area contributed by atoms with Gasteiger partial charge in [-0.1, -0.05) is 50.1 Å². The van der Waals surface area contributed by atoms with E-state index in [0.717, 1.165) is 25.7 Å². The summed E-state index contributed by atoms with van der Waals surface area (Å²) in [7, 11) is 1.39. The number of carbonyl (C=O) groups excluding carboxylic acids is 1.